The van der Waals surface area contributed by atoms with Crippen LogP contribution in [0.1, 0.15) is 25.0 Å². The third kappa shape index (κ3) is 3.99. The maximum absolute atomic E-state index is 2.48. The number of benzene rings is 7. The van der Waals surface area contributed by atoms with Crippen molar-refractivity contribution in [3.05, 3.63) is 163 Å². The Kier molecular flexibility index (Phi) is 5.78. The highest BCUT2D eigenvalue weighted by molar-refractivity contribution is 7.26. The van der Waals surface area contributed by atoms with Crippen molar-refractivity contribution in [3.63, 3.8) is 0 Å². The summed E-state index contributed by atoms with van der Waals surface area (Å²) in [5.74, 6) is 0. The maximum Gasteiger partial charge on any atom is 0.0646 e. The molecule has 8 aromatic rings. The molecule has 0 atom stereocenters. The molecule has 1 aliphatic carbocycles. The maximum atomic E-state index is 2.48. The number of rotatable bonds is 4. The number of nitrogens with zero attached hydrogens (tertiary/aromatic N) is 1. The van der Waals surface area contributed by atoms with E-state index < -0.39 is 0 Å². The molecule has 9 rings (SSSR count). The molecular formula is C43H31NS. The summed E-state index contributed by atoms with van der Waals surface area (Å²) in [5.41, 5.74) is 11.4. The molecule has 2 heteroatoms. The Morgan fingerprint density at radius 2 is 1.16 bits per heavy atom. The van der Waals surface area contributed by atoms with Crippen LogP contribution < -0.4 is 4.90 Å². The molecule has 0 unspecified atom stereocenters. The minimum Gasteiger partial charge on any atom is -0.309 e. The molecule has 1 aliphatic rings. The highest BCUT2D eigenvalue weighted by Gasteiger charge is 2.36. The normalized spacial score (nSPS) is 13.3. The van der Waals surface area contributed by atoms with Crippen molar-refractivity contribution in [2.45, 2.75) is 19.3 Å². The van der Waals surface area contributed by atoms with E-state index in [0.29, 0.717) is 0 Å². The highest BCUT2D eigenvalue weighted by Crippen LogP contribution is 2.52. The van der Waals surface area contributed by atoms with Gasteiger partial charge in [-0.2, -0.15) is 0 Å². The van der Waals surface area contributed by atoms with Crippen molar-refractivity contribution in [2.75, 3.05) is 4.90 Å². The third-order valence-corrected chi connectivity index (χ3v) is 10.8. The standard InChI is InChI=1S/C43H31NS/c1-43(2)37-18-10-8-16-34(37)35-25-24-32(27-38(35)43)44(31-22-20-29(21-23-31)28-12-4-3-5-13-28)39-26-30-14-6-7-15-33(30)41-36-17-9-11-19-40(36)45-42(39)41/h3-27H,1-2H3. The minimum absolute atomic E-state index is 0.0823. The van der Waals surface area contributed by atoms with Crippen LogP contribution in [0.4, 0.5) is 17.1 Å². The van der Waals surface area contributed by atoms with E-state index in [1.807, 2.05) is 11.3 Å². The van der Waals surface area contributed by atoms with E-state index >= 15 is 0 Å². The average Bonchev–Trinajstić information content (AvgIpc) is 3.59. The lowest BCUT2D eigenvalue weighted by molar-refractivity contribution is 0.660. The predicted octanol–water partition coefficient (Wildman–Crippen LogP) is 12.7. The Hall–Kier alpha value is -5.18. The van der Waals surface area contributed by atoms with Gasteiger partial charge in [0.25, 0.3) is 0 Å². The molecule has 0 bridgehead atoms. The van der Waals surface area contributed by atoms with Gasteiger partial charge in [0.15, 0.2) is 0 Å². The van der Waals surface area contributed by atoms with Crippen molar-refractivity contribution in [2.24, 2.45) is 0 Å². The Morgan fingerprint density at radius 3 is 2.00 bits per heavy atom. The second-order valence-corrected chi connectivity index (χ2v) is 13.6. The zero-order chi connectivity index (χ0) is 30.1. The van der Waals surface area contributed by atoms with E-state index in [9.17, 15) is 0 Å². The molecule has 45 heavy (non-hydrogen) atoms. The van der Waals surface area contributed by atoms with Crippen LogP contribution in [0, 0.1) is 0 Å². The summed E-state index contributed by atoms with van der Waals surface area (Å²) in [6, 6.07) is 55.8. The Morgan fingerprint density at radius 1 is 0.511 bits per heavy atom. The Bertz CT molecular complexity index is 2400. The van der Waals surface area contributed by atoms with Crippen LogP contribution in [-0.2, 0) is 5.41 Å². The monoisotopic (exact) mass is 593 g/mol. The van der Waals surface area contributed by atoms with Crippen molar-refractivity contribution >= 4 is 59.3 Å². The molecule has 1 aromatic heterocycles. The lowest BCUT2D eigenvalue weighted by atomic mass is 9.82. The molecule has 0 N–H and O–H groups in total. The highest BCUT2D eigenvalue weighted by atomic mass is 32.1. The molecule has 0 fully saturated rings. The van der Waals surface area contributed by atoms with Gasteiger partial charge >= 0.3 is 0 Å². The number of fused-ring (bicyclic) bond motifs is 8. The number of thiophene rings is 1. The second-order valence-electron chi connectivity index (χ2n) is 12.6. The topological polar surface area (TPSA) is 3.24 Å². The van der Waals surface area contributed by atoms with Crippen LogP contribution in [0.3, 0.4) is 0 Å². The van der Waals surface area contributed by atoms with Crippen molar-refractivity contribution < 1.29 is 0 Å². The SMILES string of the molecule is CC1(C)c2ccccc2-c2ccc(N(c3ccc(-c4ccccc4)cc3)c3cc4ccccc4c4c3sc3ccccc34)cc21. The number of hydrogen-bond acceptors (Lipinski definition) is 2. The van der Waals surface area contributed by atoms with Gasteiger partial charge in [-0.25, -0.2) is 0 Å². The first-order valence-corrected chi connectivity index (χ1v) is 16.4. The molecule has 7 aromatic carbocycles. The lowest BCUT2D eigenvalue weighted by Gasteiger charge is -2.29. The Balaban J connectivity index is 1.32. The summed E-state index contributed by atoms with van der Waals surface area (Å²) in [7, 11) is 0. The molecular weight excluding hydrogens is 563 g/mol. The summed E-state index contributed by atoms with van der Waals surface area (Å²) in [6.07, 6.45) is 0. The molecule has 0 amide bonds. The summed E-state index contributed by atoms with van der Waals surface area (Å²) in [6.45, 7) is 4.72. The molecule has 0 spiro atoms. The first-order chi connectivity index (χ1) is 22.1. The smallest absolute Gasteiger partial charge is 0.0646 e. The quantitative estimate of drug-likeness (QED) is 0.196. The summed E-state index contributed by atoms with van der Waals surface area (Å²) >= 11 is 1.89. The van der Waals surface area contributed by atoms with Gasteiger partial charge < -0.3 is 4.90 Å². The molecule has 0 saturated carbocycles. The molecule has 0 aliphatic heterocycles. The first-order valence-electron chi connectivity index (χ1n) is 15.6. The van der Waals surface area contributed by atoms with Crippen LogP contribution in [0.25, 0.3) is 53.2 Å². The predicted molar refractivity (Wildman–Crippen MR) is 195 cm³/mol. The van der Waals surface area contributed by atoms with Crippen LogP contribution >= 0.6 is 11.3 Å². The molecule has 0 saturated heterocycles. The van der Waals surface area contributed by atoms with Gasteiger partial charge in [0.2, 0.25) is 0 Å². The van der Waals surface area contributed by atoms with Gasteiger partial charge in [0.05, 0.1) is 10.4 Å². The largest absolute Gasteiger partial charge is 0.309 e. The molecule has 1 heterocycles. The van der Waals surface area contributed by atoms with E-state index in [2.05, 4.69) is 170 Å². The van der Waals surface area contributed by atoms with Crippen molar-refractivity contribution in [1.82, 2.24) is 0 Å². The van der Waals surface area contributed by atoms with Gasteiger partial charge in [-0.05, 0) is 80.6 Å². The van der Waals surface area contributed by atoms with Gasteiger partial charge in [0, 0.05) is 32.3 Å². The van der Waals surface area contributed by atoms with Gasteiger partial charge in [-0.3, -0.25) is 0 Å². The van der Waals surface area contributed by atoms with Crippen LogP contribution in [0.15, 0.2) is 152 Å². The van der Waals surface area contributed by atoms with E-state index in [1.54, 1.807) is 0 Å². The lowest BCUT2D eigenvalue weighted by Crippen LogP contribution is -2.16. The van der Waals surface area contributed by atoms with Crippen molar-refractivity contribution in [3.8, 4) is 22.3 Å². The number of hydrogen-bond donors (Lipinski definition) is 0. The third-order valence-electron chi connectivity index (χ3n) is 9.65. The second kappa shape index (κ2) is 9.92. The fourth-order valence-electron chi connectivity index (χ4n) is 7.41. The summed E-state index contributed by atoms with van der Waals surface area (Å²) in [4.78, 5) is 2.48. The van der Waals surface area contributed by atoms with E-state index in [-0.39, 0.29) is 5.41 Å². The number of anilines is 3. The van der Waals surface area contributed by atoms with Crippen molar-refractivity contribution in [1.29, 1.82) is 0 Å². The van der Waals surface area contributed by atoms with E-state index in [0.717, 1.165) is 5.69 Å². The van der Waals surface area contributed by atoms with Gasteiger partial charge in [-0.1, -0.05) is 129 Å². The fourth-order valence-corrected chi connectivity index (χ4v) is 8.64. The van der Waals surface area contributed by atoms with Gasteiger partial charge in [-0.15, -0.1) is 11.3 Å². The molecule has 214 valence electrons. The molecule has 1 nitrogen and oxygen atoms in total. The zero-order valence-electron chi connectivity index (χ0n) is 25.3. The minimum atomic E-state index is -0.0823. The first kappa shape index (κ1) is 26.2. The fraction of sp³-hybridized carbons (Fsp3) is 0.0698. The molecule has 0 radical (unpaired) electrons. The van der Waals surface area contributed by atoms with E-state index in [1.165, 1.54) is 75.7 Å². The summed E-state index contributed by atoms with van der Waals surface area (Å²) < 4.78 is 2.63. The van der Waals surface area contributed by atoms with E-state index in [4.69, 9.17) is 0 Å². The zero-order valence-corrected chi connectivity index (χ0v) is 26.1. The average molecular weight is 594 g/mol. The summed E-state index contributed by atoms with van der Waals surface area (Å²) in [5, 5.41) is 5.21. The van der Waals surface area contributed by atoms with Crippen LogP contribution in [0.2, 0.25) is 0 Å². The van der Waals surface area contributed by atoms with Gasteiger partial charge in [0.1, 0.15) is 0 Å². The van der Waals surface area contributed by atoms with Crippen LogP contribution in [-0.4, -0.2) is 0 Å². The Labute approximate surface area is 267 Å². The van der Waals surface area contributed by atoms with Crippen LogP contribution in [0.5, 0.6) is 0 Å².